The predicted molar refractivity (Wildman–Crippen MR) is 70.2 cm³/mol. The van der Waals surface area contributed by atoms with Crippen LogP contribution in [0.5, 0.6) is 0 Å². The smallest absolute Gasteiger partial charge is 0.306 e. The molecule has 1 aromatic heterocycles. The maximum atomic E-state index is 11.3. The maximum absolute atomic E-state index is 11.3. The number of hydrogen-bond donors (Lipinski definition) is 2. The second kappa shape index (κ2) is 4.86. The summed E-state index contributed by atoms with van der Waals surface area (Å²) in [5, 5.41) is 11.9. The number of aliphatic carboxylic acids is 1. The molecule has 1 atom stereocenters. The molecule has 3 rings (SSSR count). The van der Waals surface area contributed by atoms with Gasteiger partial charge in [-0.25, -0.2) is 4.98 Å². The number of amides is 1. The SMILES string of the molecule is CC(=O)Nc1nc2c(c3c1COC3)C[C@H](C(=O)O)CC2. The van der Waals surface area contributed by atoms with Gasteiger partial charge >= 0.3 is 5.97 Å². The Balaban J connectivity index is 2.04. The van der Waals surface area contributed by atoms with Crippen molar-refractivity contribution in [2.24, 2.45) is 5.92 Å². The van der Waals surface area contributed by atoms with Crippen molar-refractivity contribution in [3.8, 4) is 0 Å². The number of nitrogens with zero attached hydrogens (tertiary/aromatic N) is 1. The van der Waals surface area contributed by atoms with E-state index in [1.807, 2.05) is 0 Å². The first-order valence-corrected chi connectivity index (χ1v) is 6.68. The molecule has 1 amide bonds. The van der Waals surface area contributed by atoms with Gasteiger partial charge in [-0.2, -0.15) is 0 Å². The summed E-state index contributed by atoms with van der Waals surface area (Å²) in [7, 11) is 0. The molecule has 1 aromatic rings. The molecule has 2 heterocycles. The lowest BCUT2D eigenvalue weighted by atomic mass is 9.83. The average molecular weight is 276 g/mol. The maximum Gasteiger partial charge on any atom is 0.306 e. The van der Waals surface area contributed by atoms with E-state index in [9.17, 15) is 14.7 Å². The zero-order valence-corrected chi connectivity index (χ0v) is 11.2. The van der Waals surface area contributed by atoms with Crippen LogP contribution < -0.4 is 5.32 Å². The van der Waals surface area contributed by atoms with Crippen LogP contribution in [0.1, 0.15) is 35.7 Å². The minimum Gasteiger partial charge on any atom is -0.481 e. The van der Waals surface area contributed by atoms with E-state index in [1.54, 1.807) is 0 Å². The molecule has 0 aromatic carbocycles. The highest BCUT2D eigenvalue weighted by Gasteiger charge is 2.31. The van der Waals surface area contributed by atoms with E-state index in [-0.39, 0.29) is 11.8 Å². The summed E-state index contributed by atoms with van der Waals surface area (Å²) in [6, 6.07) is 0. The number of carbonyl (C=O) groups is 2. The first-order valence-electron chi connectivity index (χ1n) is 6.68. The summed E-state index contributed by atoms with van der Waals surface area (Å²) >= 11 is 0. The van der Waals surface area contributed by atoms with Gasteiger partial charge < -0.3 is 15.2 Å². The van der Waals surface area contributed by atoms with E-state index < -0.39 is 5.97 Å². The number of carboxylic acid groups (broad SMARTS) is 1. The van der Waals surface area contributed by atoms with E-state index in [1.165, 1.54) is 6.92 Å². The summed E-state index contributed by atoms with van der Waals surface area (Å²) < 4.78 is 5.46. The number of ether oxygens (including phenoxy) is 1. The fraction of sp³-hybridized carbons (Fsp3) is 0.500. The van der Waals surface area contributed by atoms with Gasteiger partial charge in [0.1, 0.15) is 5.82 Å². The minimum absolute atomic E-state index is 0.161. The van der Waals surface area contributed by atoms with Gasteiger partial charge in [0.2, 0.25) is 5.91 Å². The molecule has 0 bridgehead atoms. The van der Waals surface area contributed by atoms with E-state index in [2.05, 4.69) is 10.3 Å². The second-order valence-corrected chi connectivity index (χ2v) is 5.29. The van der Waals surface area contributed by atoms with Gasteiger partial charge in [-0.1, -0.05) is 0 Å². The van der Waals surface area contributed by atoms with E-state index >= 15 is 0 Å². The van der Waals surface area contributed by atoms with Crippen LogP contribution in [0.4, 0.5) is 5.82 Å². The van der Waals surface area contributed by atoms with Gasteiger partial charge in [0, 0.05) is 18.2 Å². The molecule has 106 valence electrons. The van der Waals surface area contributed by atoms with Crippen molar-refractivity contribution in [3.63, 3.8) is 0 Å². The van der Waals surface area contributed by atoms with Gasteiger partial charge in [-0.15, -0.1) is 0 Å². The Kier molecular flexibility index (Phi) is 3.17. The van der Waals surface area contributed by atoms with Crippen LogP contribution in [0.3, 0.4) is 0 Å². The number of anilines is 1. The molecule has 0 fully saturated rings. The molecule has 20 heavy (non-hydrogen) atoms. The van der Waals surface area contributed by atoms with Gasteiger partial charge in [-0.05, 0) is 30.4 Å². The van der Waals surface area contributed by atoms with Crippen molar-refractivity contribution >= 4 is 17.7 Å². The molecular weight excluding hydrogens is 260 g/mol. The van der Waals surface area contributed by atoms with Gasteiger partial charge in [-0.3, -0.25) is 9.59 Å². The van der Waals surface area contributed by atoms with Gasteiger partial charge in [0.15, 0.2) is 0 Å². The largest absolute Gasteiger partial charge is 0.481 e. The van der Waals surface area contributed by atoms with Crippen molar-refractivity contribution in [2.45, 2.75) is 39.4 Å². The minimum atomic E-state index is -0.755. The van der Waals surface area contributed by atoms with E-state index in [4.69, 9.17) is 4.74 Å². The third-order valence-electron chi connectivity index (χ3n) is 3.93. The molecule has 1 aliphatic heterocycles. The number of carbonyl (C=O) groups excluding carboxylic acids is 1. The highest BCUT2D eigenvalue weighted by Crippen LogP contribution is 2.36. The molecule has 6 nitrogen and oxygen atoms in total. The summed E-state index contributed by atoms with van der Waals surface area (Å²) in [5.41, 5.74) is 3.82. The number of aryl methyl sites for hydroxylation is 1. The van der Waals surface area contributed by atoms with Crippen molar-refractivity contribution in [2.75, 3.05) is 5.32 Å². The normalized spacial score (nSPS) is 20.1. The number of pyridine rings is 1. The quantitative estimate of drug-likeness (QED) is 0.849. The first kappa shape index (κ1) is 13.1. The van der Waals surface area contributed by atoms with Crippen LogP contribution in [-0.4, -0.2) is 22.0 Å². The van der Waals surface area contributed by atoms with Gasteiger partial charge in [0.25, 0.3) is 0 Å². The molecule has 0 unspecified atom stereocenters. The van der Waals surface area contributed by atoms with Crippen molar-refractivity contribution < 1.29 is 19.4 Å². The lowest BCUT2D eigenvalue weighted by Gasteiger charge is -2.24. The number of carboxylic acids is 1. The number of rotatable bonds is 2. The predicted octanol–water partition coefficient (Wildman–Crippen LogP) is 1.26. The first-order chi connectivity index (χ1) is 9.56. The lowest BCUT2D eigenvalue weighted by Crippen LogP contribution is -2.25. The molecule has 1 aliphatic carbocycles. The Morgan fingerprint density at radius 2 is 2.05 bits per heavy atom. The molecule has 0 radical (unpaired) electrons. The van der Waals surface area contributed by atoms with Gasteiger partial charge in [0.05, 0.1) is 19.1 Å². The monoisotopic (exact) mass is 276 g/mol. The Bertz CT molecular complexity index is 597. The van der Waals surface area contributed by atoms with Crippen LogP contribution in [0, 0.1) is 5.92 Å². The average Bonchev–Trinajstić information content (AvgIpc) is 2.87. The summed E-state index contributed by atoms with van der Waals surface area (Å²) in [6.45, 7) is 2.34. The van der Waals surface area contributed by atoms with Crippen LogP contribution in [0.15, 0.2) is 0 Å². The summed E-state index contributed by atoms with van der Waals surface area (Å²) in [5.74, 6) is -0.696. The standard InChI is InChI=1S/C14H16N2O4/c1-7(17)15-13-11-6-20-5-10(11)9-4-8(14(18)19)2-3-12(9)16-13/h8H,2-6H2,1H3,(H,18,19)(H,15,16,17)/t8-/m1/s1. The lowest BCUT2D eigenvalue weighted by molar-refractivity contribution is -0.142. The highest BCUT2D eigenvalue weighted by molar-refractivity contribution is 5.88. The molecule has 0 spiro atoms. The number of fused-ring (bicyclic) bond motifs is 3. The third-order valence-corrected chi connectivity index (χ3v) is 3.93. The molecule has 2 aliphatic rings. The number of nitrogens with one attached hydrogen (secondary N) is 1. The molecular formula is C14H16N2O4. The highest BCUT2D eigenvalue weighted by atomic mass is 16.5. The third kappa shape index (κ3) is 2.16. The fourth-order valence-corrected chi connectivity index (χ4v) is 2.94. The summed E-state index contributed by atoms with van der Waals surface area (Å²) in [4.78, 5) is 26.9. The molecule has 0 saturated carbocycles. The zero-order chi connectivity index (χ0) is 14.3. The zero-order valence-electron chi connectivity index (χ0n) is 11.2. The Morgan fingerprint density at radius 1 is 1.30 bits per heavy atom. The van der Waals surface area contributed by atoms with E-state index in [0.29, 0.717) is 38.3 Å². The van der Waals surface area contributed by atoms with Crippen LogP contribution in [-0.2, 0) is 40.4 Å². The Morgan fingerprint density at radius 3 is 2.75 bits per heavy atom. The Labute approximate surface area is 116 Å². The molecule has 0 saturated heterocycles. The van der Waals surface area contributed by atoms with Crippen LogP contribution in [0.2, 0.25) is 0 Å². The Hall–Kier alpha value is -1.95. The van der Waals surface area contributed by atoms with Crippen molar-refractivity contribution in [3.05, 3.63) is 22.4 Å². The van der Waals surface area contributed by atoms with Crippen LogP contribution in [0.25, 0.3) is 0 Å². The molecule has 6 heteroatoms. The fourth-order valence-electron chi connectivity index (χ4n) is 2.94. The second-order valence-electron chi connectivity index (χ2n) is 5.29. The van der Waals surface area contributed by atoms with E-state index in [0.717, 1.165) is 22.4 Å². The topological polar surface area (TPSA) is 88.5 Å². The number of aromatic nitrogens is 1. The molecule has 2 N–H and O–H groups in total. The van der Waals surface area contributed by atoms with Crippen LogP contribution >= 0.6 is 0 Å². The number of hydrogen-bond acceptors (Lipinski definition) is 4. The van der Waals surface area contributed by atoms with Crippen molar-refractivity contribution in [1.29, 1.82) is 0 Å². The summed E-state index contributed by atoms with van der Waals surface area (Å²) in [6.07, 6.45) is 1.73. The van der Waals surface area contributed by atoms with Crippen molar-refractivity contribution in [1.82, 2.24) is 4.98 Å².